The lowest BCUT2D eigenvalue weighted by Gasteiger charge is -2.15. The number of pyridine rings is 1. The molecule has 7 nitrogen and oxygen atoms in total. The fourth-order valence-corrected chi connectivity index (χ4v) is 3.29. The van der Waals surface area contributed by atoms with Crippen LogP contribution in [0.4, 0.5) is 5.95 Å². The Bertz CT molecular complexity index is 954. The summed E-state index contributed by atoms with van der Waals surface area (Å²) in [5, 5.41) is 1.37. The Morgan fingerprint density at radius 1 is 1.00 bits per heavy atom. The molecule has 0 radical (unpaired) electrons. The largest absolute Gasteiger partial charge is 0.495 e. The lowest BCUT2D eigenvalue weighted by atomic mass is 10.1. The second-order valence-corrected chi connectivity index (χ2v) is 6.09. The van der Waals surface area contributed by atoms with Gasteiger partial charge in [-0.2, -0.15) is 0 Å². The van der Waals surface area contributed by atoms with Gasteiger partial charge in [-0.15, -0.1) is 0 Å². The van der Waals surface area contributed by atoms with Gasteiger partial charge in [0.1, 0.15) is 11.5 Å². The lowest BCUT2D eigenvalue weighted by Crippen LogP contribution is -2.02. The number of nitrogen functional groups attached to an aromatic ring is 1. The zero-order chi connectivity index (χ0) is 18.8. The predicted octanol–water partition coefficient (Wildman–Crippen LogP) is 3.74. The quantitative estimate of drug-likeness (QED) is 0.704. The summed E-state index contributed by atoms with van der Waals surface area (Å²) < 4.78 is 15.9. The van der Waals surface area contributed by atoms with Crippen LogP contribution in [0.25, 0.3) is 22.2 Å². The minimum atomic E-state index is 0.156. The van der Waals surface area contributed by atoms with Crippen LogP contribution >= 0.6 is 23.2 Å². The molecule has 0 saturated carbocycles. The maximum Gasteiger partial charge on any atom is 0.220 e. The lowest BCUT2D eigenvalue weighted by molar-refractivity contribution is 0.182. The van der Waals surface area contributed by atoms with Gasteiger partial charge in [0, 0.05) is 30.3 Å². The molecule has 0 aliphatic rings. The van der Waals surface area contributed by atoms with Crippen molar-refractivity contribution in [2.24, 2.45) is 0 Å². The Hall–Kier alpha value is -2.35. The van der Waals surface area contributed by atoms with E-state index in [1.54, 1.807) is 25.4 Å². The molecule has 0 atom stereocenters. The summed E-state index contributed by atoms with van der Waals surface area (Å²) >= 11 is 13.0. The monoisotopic (exact) mass is 394 g/mol. The maximum absolute atomic E-state index is 6.50. The number of methoxy groups -OCH3 is 3. The third-order valence-electron chi connectivity index (χ3n) is 3.77. The van der Waals surface area contributed by atoms with Crippen molar-refractivity contribution in [1.29, 1.82) is 0 Å². The van der Waals surface area contributed by atoms with Crippen molar-refractivity contribution in [3.05, 3.63) is 34.1 Å². The number of anilines is 1. The number of nitrogens with zero attached hydrogens (tertiary/aromatic N) is 3. The molecule has 3 aromatic rings. The average molecular weight is 395 g/mol. The van der Waals surface area contributed by atoms with E-state index in [0.29, 0.717) is 44.0 Å². The molecular weight excluding hydrogens is 379 g/mol. The zero-order valence-corrected chi connectivity index (χ0v) is 15.9. The number of halogens is 2. The van der Waals surface area contributed by atoms with Gasteiger partial charge in [0.15, 0.2) is 0 Å². The Morgan fingerprint density at radius 2 is 1.65 bits per heavy atom. The summed E-state index contributed by atoms with van der Waals surface area (Å²) in [7, 11) is 4.59. The van der Waals surface area contributed by atoms with Crippen molar-refractivity contribution in [3.63, 3.8) is 0 Å². The van der Waals surface area contributed by atoms with Crippen molar-refractivity contribution in [3.8, 4) is 22.8 Å². The molecule has 0 amide bonds. The number of fused-ring (bicyclic) bond motifs is 1. The molecule has 0 saturated heterocycles. The molecule has 0 aliphatic carbocycles. The van der Waals surface area contributed by atoms with Gasteiger partial charge in [0.25, 0.3) is 0 Å². The van der Waals surface area contributed by atoms with E-state index in [2.05, 4.69) is 15.0 Å². The fraction of sp³-hybridized carbons (Fsp3) is 0.235. The van der Waals surface area contributed by atoms with Gasteiger partial charge < -0.3 is 19.9 Å². The van der Waals surface area contributed by atoms with Crippen LogP contribution in [0.5, 0.6) is 11.5 Å². The number of ether oxygens (including phenoxy) is 3. The van der Waals surface area contributed by atoms with Gasteiger partial charge in [-0.05, 0) is 6.07 Å². The minimum absolute atomic E-state index is 0.156. The second kappa shape index (κ2) is 7.49. The number of rotatable bonds is 5. The summed E-state index contributed by atoms with van der Waals surface area (Å²) in [6, 6.07) is 3.40. The van der Waals surface area contributed by atoms with E-state index < -0.39 is 0 Å². The molecule has 2 aromatic heterocycles. The van der Waals surface area contributed by atoms with E-state index in [1.807, 2.05) is 0 Å². The molecule has 2 heterocycles. The van der Waals surface area contributed by atoms with Crippen LogP contribution in [0, 0.1) is 0 Å². The smallest absolute Gasteiger partial charge is 0.220 e. The van der Waals surface area contributed by atoms with Crippen LogP contribution in [-0.2, 0) is 11.3 Å². The summed E-state index contributed by atoms with van der Waals surface area (Å²) in [5.41, 5.74) is 7.89. The number of hydrogen-bond acceptors (Lipinski definition) is 7. The molecule has 3 rings (SSSR count). The summed E-state index contributed by atoms with van der Waals surface area (Å²) in [4.78, 5) is 12.9. The molecule has 9 heteroatoms. The van der Waals surface area contributed by atoms with Gasteiger partial charge in [-0.1, -0.05) is 23.2 Å². The van der Waals surface area contributed by atoms with Crippen molar-refractivity contribution < 1.29 is 14.2 Å². The summed E-state index contributed by atoms with van der Waals surface area (Å²) in [5.74, 6) is 1.00. The molecule has 0 aliphatic heterocycles. The Labute approximate surface area is 160 Å². The maximum atomic E-state index is 6.50. The minimum Gasteiger partial charge on any atom is -0.495 e. The third-order valence-corrected chi connectivity index (χ3v) is 4.52. The van der Waals surface area contributed by atoms with E-state index in [1.165, 1.54) is 14.2 Å². The van der Waals surface area contributed by atoms with Crippen molar-refractivity contribution >= 4 is 40.1 Å². The van der Waals surface area contributed by atoms with E-state index in [-0.39, 0.29) is 12.6 Å². The molecule has 1 aromatic carbocycles. The highest BCUT2D eigenvalue weighted by Crippen LogP contribution is 2.45. The molecule has 0 spiro atoms. The zero-order valence-electron chi connectivity index (χ0n) is 14.3. The average Bonchev–Trinajstić information content (AvgIpc) is 2.63. The Morgan fingerprint density at radius 3 is 2.23 bits per heavy atom. The highest BCUT2D eigenvalue weighted by atomic mass is 35.5. The third kappa shape index (κ3) is 3.21. The van der Waals surface area contributed by atoms with Crippen molar-refractivity contribution in [1.82, 2.24) is 15.0 Å². The highest BCUT2D eigenvalue weighted by Gasteiger charge is 2.21. The van der Waals surface area contributed by atoms with Crippen LogP contribution in [0.3, 0.4) is 0 Å². The number of nitrogens with two attached hydrogens (primary N) is 1. The van der Waals surface area contributed by atoms with Crippen LogP contribution in [0.15, 0.2) is 18.3 Å². The van der Waals surface area contributed by atoms with Crippen molar-refractivity contribution in [2.45, 2.75) is 6.61 Å². The van der Waals surface area contributed by atoms with Gasteiger partial charge in [-0.25, -0.2) is 15.0 Å². The van der Waals surface area contributed by atoms with E-state index >= 15 is 0 Å². The molecule has 0 fully saturated rings. The Balaban J connectivity index is 2.34. The normalized spacial score (nSPS) is 11.0. The number of aromatic nitrogens is 3. The first-order chi connectivity index (χ1) is 12.5. The molecule has 26 heavy (non-hydrogen) atoms. The molecular formula is C17H16Cl2N4O3. The first-order valence-corrected chi connectivity index (χ1v) is 8.27. The van der Waals surface area contributed by atoms with Gasteiger partial charge in [0.2, 0.25) is 5.95 Å². The highest BCUT2D eigenvalue weighted by molar-refractivity contribution is 6.41. The van der Waals surface area contributed by atoms with Crippen LogP contribution < -0.4 is 15.2 Å². The standard InChI is InChI=1S/C17H16Cl2N4O3/c1-24-7-10-16-8(6-21-17(20)23-16)4-9(22-10)13-14(18)11(25-2)5-12(26-3)15(13)19/h4-6H,7H2,1-3H3,(H2,20,21,23). The Kier molecular flexibility index (Phi) is 5.31. The first kappa shape index (κ1) is 18.4. The topological polar surface area (TPSA) is 92.4 Å². The van der Waals surface area contributed by atoms with Gasteiger partial charge in [0.05, 0.1) is 47.8 Å². The van der Waals surface area contributed by atoms with E-state index in [4.69, 9.17) is 43.1 Å². The molecule has 0 bridgehead atoms. The van der Waals surface area contributed by atoms with Crippen LogP contribution in [-0.4, -0.2) is 36.3 Å². The first-order valence-electron chi connectivity index (χ1n) is 7.51. The summed E-state index contributed by atoms with van der Waals surface area (Å²) in [6.45, 7) is 0.233. The van der Waals surface area contributed by atoms with Gasteiger partial charge >= 0.3 is 0 Å². The SMILES string of the molecule is COCc1nc(-c2c(Cl)c(OC)cc(OC)c2Cl)cc2cnc(N)nc12. The fourth-order valence-electron chi connectivity index (χ4n) is 2.60. The van der Waals surface area contributed by atoms with E-state index in [9.17, 15) is 0 Å². The number of hydrogen-bond donors (Lipinski definition) is 1. The second-order valence-electron chi connectivity index (χ2n) is 5.34. The molecule has 0 unspecified atom stereocenters. The van der Waals surface area contributed by atoms with Crippen LogP contribution in [0.1, 0.15) is 5.69 Å². The molecule has 2 N–H and O–H groups in total. The summed E-state index contributed by atoms with van der Waals surface area (Å²) in [6.07, 6.45) is 1.61. The van der Waals surface area contributed by atoms with Crippen LogP contribution in [0.2, 0.25) is 10.0 Å². The van der Waals surface area contributed by atoms with Crippen molar-refractivity contribution in [2.75, 3.05) is 27.1 Å². The number of benzene rings is 1. The van der Waals surface area contributed by atoms with E-state index in [0.717, 1.165) is 5.39 Å². The molecule has 136 valence electrons. The predicted molar refractivity (Wildman–Crippen MR) is 101 cm³/mol. The van der Waals surface area contributed by atoms with Gasteiger partial charge in [-0.3, -0.25) is 0 Å².